The quantitative estimate of drug-likeness (QED) is 0.784. The van der Waals surface area contributed by atoms with Crippen LogP contribution < -0.4 is 4.72 Å². The third kappa shape index (κ3) is 4.40. The molecule has 1 fully saturated rings. The molecule has 0 saturated heterocycles. The lowest BCUT2D eigenvalue weighted by Gasteiger charge is -2.21. The molecule has 1 N–H and O–H groups in total. The number of hydrogen-bond donors (Lipinski definition) is 1. The fourth-order valence-electron chi connectivity index (χ4n) is 3.60. The van der Waals surface area contributed by atoms with Crippen molar-refractivity contribution >= 4 is 15.8 Å². The summed E-state index contributed by atoms with van der Waals surface area (Å²) in [5.74, 6) is 0.333. The monoisotopic (exact) mass is 371 g/mol. The van der Waals surface area contributed by atoms with E-state index in [2.05, 4.69) is 4.72 Å². The molecule has 5 heteroatoms. The molecule has 0 spiro atoms. The van der Waals surface area contributed by atoms with Crippen LogP contribution in [0.1, 0.15) is 47.7 Å². The Hall–Kier alpha value is -1.98. The number of Topliss-reactive ketones (excluding diaryl/α,β-unsaturated/α-hetero) is 1. The number of benzene rings is 2. The highest BCUT2D eigenvalue weighted by Gasteiger charge is 2.31. The Balaban J connectivity index is 1.69. The molecule has 1 aliphatic rings. The molecule has 138 valence electrons. The van der Waals surface area contributed by atoms with E-state index in [1.165, 1.54) is 0 Å². The number of rotatable bonds is 6. The highest BCUT2D eigenvalue weighted by molar-refractivity contribution is 7.89. The fraction of sp³-hybridized carbons (Fsp3) is 0.381. The van der Waals surface area contributed by atoms with Crippen LogP contribution in [0.5, 0.6) is 0 Å². The first-order valence-corrected chi connectivity index (χ1v) is 10.5. The molecular formula is C21H25NO3S. The van der Waals surface area contributed by atoms with Crippen molar-refractivity contribution in [1.82, 2.24) is 4.72 Å². The molecule has 0 aliphatic heterocycles. The molecule has 3 rings (SSSR count). The lowest BCUT2D eigenvalue weighted by atomic mass is 9.94. The average molecular weight is 372 g/mol. The van der Waals surface area contributed by atoms with Crippen LogP contribution in [0.15, 0.2) is 53.4 Å². The first-order chi connectivity index (χ1) is 12.3. The summed E-state index contributed by atoms with van der Waals surface area (Å²) in [6, 6.07) is 14.5. The largest absolute Gasteiger partial charge is 0.295 e. The summed E-state index contributed by atoms with van der Waals surface area (Å²) < 4.78 is 28.2. The van der Waals surface area contributed by atoms with Gasteiger partial charge in [0.2, 0.25) is 10.0 Å². The number of carbonyl (C=O) groups is 1. The van der Waals surface area contributed by atoms with Crippen molar-refractivity contribution in [3.63, 3.8) is 0 Å². The molecule has 26 heavy (non-hydrogen) atoms. The molecule has 2 aromatic rings. The van der Waals surface area contributed by atoms with Gasteiger partial charge in [-0.1, -0.05) is 48.4 Å². The first kappa shape index (κ1) is 18.8. The molecule has 2 unspecified atom stereocenters. The summed E-state index contributed by atoms with van der Waals surface area (Å²) in [4.78, 5) is 11.7. The molecule has 4 nitrogen and oxygen atoms in total. The lowest BCUT2D eigenvalue weighted by molar-refractivity contribution is 0.101. The zero-order chi connectivity index (χ0) is 18.7. The number of hydrogen-bond acceptors (Lipinski definition) is 3. The van der Waals surface area contributed by atoms with Crippen molar-refractivity contribution < 1.29 is 13.2 Å². The maximum Gasteiger partial charge on any atom is 0.240 e. The summed E-state index contributed by atoms with van der Waals surface area (Å²) in [5, 5.41) is 0. The van der Waals surface area contributed by atoms with E-state index in [-0.39, 0.29) is 17.7 Å². The van der Waals surface area contributed by atoms with Crippen molar-refractivity contribution in [1.29, 1.82) is 0 Å². The smallest absolute Gasteiger partial charge is 0.240 e. The SMILES string of the molecule is CC(=O)c1ccc(CC2CCCC2NS(=O)(=O)c2ccc(C)cc2)cc1. The van der Waals surface area contributed by atoms with E-state index >= 15 is 0 Å². The third-order valence-corrected chi connectivity index (χ3v) is 6.66. The number of carbonyl (C=O) groups excluding carboxylic acids is 1. The van der Waals surface area contributed by atoms with Crippen LogP contribution >= 0.6 is 0 Å². The second kappa shape index (κ2) is 7.72. The normalized spacial score (nSPS) is 20.2. The van der Waals surface area contributed by atoms with E-state index in [9.17, 15) is 13.2 Å². The molecule has 0 aromatic heterocycles. The Bertz CT molecular complexity index is 870. The van der Waals surface area contributed by atoms with Crippen LogP contribution in [0.2, 0.25) is 0 Å². The molecule has 1 aliphatic carbocycles. The molecule has 0 radical (unpaired) electrons. The number of aryl methyl sites for hydroxylation is 1. The molecule has 0 heterocycles. The van der Waals surface area contributed by atoms with E-state index in [1.807, 2.05) is 43.3 Å². The van der Waals surface area contributed by atoms with Gasteiger partial charge in [-0.2, -0.15) is 0 Å². The van der Waals surface area contributed by atoms with Gasteiger partial charge in [-0.3, -0.25) is 4.79 Å². The topological polar surface area (TPSA) is 63.2 Å². The predicted molar refractivity (Wildman–Crippen MR) is 103 cm³/mol. The molecule has 1 saturated carbocycles. The van der Waals surface area contributed by atoms with Crippen LogP contribution in [0.3, 0.4) is 0 Å². The van der Waals surface area contributed by atoms with Gasteiger partial charge in [-0.25, -0.2) is 13.1 Å². The number of nitrogens with one attached hydrogen (secondary N) is 1. The minimum atomic E-state index is -3.50. The van der Waals surface area contributed by atoms with Crippen molar-refractivity contribution in [2.24, 2.45) is 5.92 Å². The van der Waals surface area contributed by atoms with E-state index in [1.54, 1.807) is 19.1 Å². The van der Waals surface area contributed by atoms with E-state index in [0.29, 0.717) is 10.5 Å². The number of sulfonamides is 1. The highest BCUT2D eigenvalue weighted by atomic mass is 32.2. The van der Waals surface area contributed by atoms with Gasteiger partial charge < -0.3 is 0 Å². The standard InChI is InChI=1S/C21H25NO3S/c1-15-6-12-20(13-7-15)26(24,25)22-21-5-3-4-19(21)14-17-8-10-18(11-9-17)16(2)23/h6-13,19,21-22H,3-5,14H2,1-2H3. The Labute approximate surface area is 155 Å². The highest BCUT2D eigenvalue weighted by Crippen LogP contribution is 2.30. The van der Waals surface area contributed by atoms with Crippen LogP contribution in [0.4, 0.5) is 0 Å². The first-order valence-electron chi connectivity index (χ1n) is 9.04. The zero-order valence-electron chi connectivity index (χ0n) is 15.2. The summed E-state index contributed by atoms with van der Waals surface area (Å²) in [6.45, 7) is 3.50. The van der Waals surface area contributed by atoms with Crippen molar-refractivity contribution in [3.05, 3.63) is 65.2 Å². The van der Waals surface area contributed by atoms with Crippen LogP contribution in [-0.2, 0) is 16.4 Å². The summed E-state index contributed by atoms with van der Waals surface area (Å²) in [7, 11) is -3.50. The predicted octanol–water partition coefficient (Wildman–Crippen LogP) is 3.89. The van der Waals surface area contributed by atoms with Gasteiger partial charge in [-0.15, -0.1) is 0 Å². The summed E-state index contributed by atoms with van der Waals surface area (Å²) >= 11 is 0. The Morgan fingerprint density at radius 1 is 1.04 bits per heavy atom. The second-order valence-corrected chi connectivity index (χ2v) is 8.90. The number of ketones is 1. The molecule has 0 bridgehead atoms. The zero-order valence-corrected chi connectivity index (χ0v) is 16.1. The van der Waals surface area contributed by atoms with Crippen molar-refractivity contribution in [2.45, 2.75) is 50.5 Å². The minimum Gasteiger partial charge on any atom is -0.295 e. The maximum atomic E-state index is 12.7. The van der Waals surface area contributed by atoms with Gasteiger partial charge in [0, 0.05) is 11.6 Å². The second-order valence-electron chi connectivity index (χ2n) is 7.19. The Morgan fingerprint density at radius 2 is 1.69 bits per heavy atom. The van der Waals surface area contributed by atoms with E-state index < -0.39 is 10.0 Å². The van der Waals surface area contributed by atoms with Gasteiger partial charge in [-0.05, 0) is 56.7 Å². The molecule has 2 aromatic carbocycles. The van der Waals surface area contributed by atoms with Crippen molar-refractivity contribution in [2.75, 3.05) is 0 Å². The van der Waals surface area contributed by atoms with Gasteiger partial charge in [0.1, 0.15) is 0 Å². The molecule has 0 amide bonds. The van der Waals surface area contributed by atoms with Gasteiger partial charge in [0.25, 0.3) is 0 Å². The Morgan fingerprint density at radius 3 is 2.31 bits per heavy atom. The Kier molecular flexibility index (Phi) is 5.58. The fourth-order valence-corrected chi connectivity index (χ4v) is 4.94. The lowest BCUT2D eigenvalue weighted by Crippen LogP contribution is -2.38. The minimum absolute atomic E-state index is 0.0474. The summed E-state index contributed by atoms with van der Waals surface area (Å²) in [6.07, 6.45) is 3.72. The molecular weight excluding hydrogens is 346 g/mol. The van der Waals surface area contributed by atoms with E-state index in [0.717, 1.165) is 36.8 Å². The molecule has 2 atom stereocenters. The summed E-state index contributed by atoms with van der Waals surface area (Å²) in [5.41, 5.74) is 2.88. The average Bonchev–Trinajstić information content (AvgIpc) is 3.02. The third-order valence-electron chi connectivity index (χ3n) is 5.16. The maximum absolute atomic E-state index is 12.7. The van der Waals surface area contributed by atoms with Crippen LogP contribution in [0, 0.1) is 12.8 Å². The van der Waals surface area contributed by atoms with Gasteiger partial charge in [0.05, 0.1) is 4.90 Å². The van der Waals surface area contributed by atoms with Crippen LogP contribution in [-0.4, -0.2) is 20.2 Å². The van der Waals surface area contributed by atoms with Crippen molar-refractivity contribution in [3.8, 4) is 0 Å². The van der Waals surface area contributed by atoms with Crippen LogP contribution in [0.25, 0.3) is 0 Å². The van der Waals surface area contributed by atoms with Gasteiger partial charge in [0.15, 0.2) is 5.78 Å². The van der Waals surface area contributed by atoms with Gasteiger partial charge >= 0.3 is 0 Å². The van der Waals surface area contributed by atoms with E-state index in [4.69, 9.17) is 0 Å².